The lowest BCUT2D eigenvalue weighted by atomic mass is 9.98. The van der Waals surface area contributed by atoms with Gasteiger partial charge in [-0.05, 0) is 34.7 Å². The number of hydrogen-bond donors (Lipinski definition) is 0. The van der Waals surface area contributed by atoms with E-state index in [4.69, 9.17) is 4.74 Å². The average Bonchev–Trinajstić information content (AvgIpc) is 2.47. The van der Waals surface area contributed by atoms with E-state index in [1.807, 2.05) is 30.3 Å². The SMILES string of the molecule is COc1ccc(-c2ccc(F)cc2)c2ccccc12. The fourth-order valence-electron chi connectivity index (χ4n) is 2.33. The first kappa shape index (κ1) is 11.7. The Morgan fingerprint density at radius 3 is 2.16 bits per heavy atom. The standard InChI is InChI=1S/C17H13FO/c1-19-17-11-10-14(12-6-8-13(18)9-7-12)15-4-2-3-5-16(15)17/h2-11H,1H3. The highest BCUT2D eigenvalue weighted by atomic mass is 19.1. The first-order chi connectivity index (χ1) is 9.29. The van der Waals surface area contributed by atoms with Crippen LogP contribution in [0.4, 0.5) is 4.39 Å². The maximum Gasteiger partial charge on any atom is 0.126 e. The molecule has 19 heavy (non-hydrogen) atoms. The van der Waals surface area contributed by atoms with E-state index in [0.717, 1.165) is 27.6 Å². The van der Waals surface area contributed by atoms with Crippen LogP contribution in [0.25, 0.3) is 21.9 Å². The predicted octanol–water partition coefficient (Wildman–Crippen LogP) is 4.65. The number of fused-ring (bicyclic) bond motifs is 1. The minimum atomic E-state index is -0.221. The summed E-state index contributed by atoms with van der Waals surface area (Å²) in [5.74, 6) is 0.628. The van der Waals surface area contributed by atoms with E-state index in [9.17, 15) is 4.39 Å². The lowest BCUT2D eigenvalue weighted by molar-refractivity contribution is 0.420. The first-order valence-corrected chi connectivity index (χ1v) is 6.11. The maximum atomic E-state index is 13.0. The molecular weight excluding hydrogens is 239 g/mol. The first-order valence-electron chi connectivity index (χ1n) is 6.11. The fourth-order valence-corrected chi connectivity index (χ4v) is 2.33. The van der Waals surface area contributed by atoms with E-state index in [0.29, 0.717) is 0 Å². The molecule has 0 fully saturated rings. The quantitative estimate of drug-likeness (QED) is 0.644. The Bertz CT molecular complexity index is 717. The van der Waals surface area contributed by atoms with Crippen LogP contribution in [0.15, 0.2) is 60.7 Å². The molecule has 0 amide bonds. The van der Waals surface area contributed by atoms with Crippen LogP contribution in [0.3, 0.4) is 0 Å². The van der Waals surface area contributed by atoms with E-state index >= 15 is 0 Å². The molecule has 0 N–H and O–H groups in total. The van der Waals surface area contributed by atoms with Crippen LogP contribution in [0.2, 0.25) is 0 Å². The molecule has 94 valence electrons. The molecular formula is C17H13FO. The molecule has 0 aliphatic carbocycles. The second kappa shape index (κ2) is 4.73. The summed E-state index contributed by atoms with van der Waals surface area (Å²) in [5, 5.41) is 2.17. The summed E-state index contributed by atoms with van der Waals surface area (Å²) in [5.41, 5.74) is 2.08. The second-order valence-corrected chi connectivity index (χ2v) is 4.37. The summed E-state index contributed by atoms with van der Waals surface area (Å²) >= 11 is 0. The third kappa shape index (κ3) is 2.06. The molecule has 0 saturated heterocycles. The molecule has 3 aromatic rings. The van der Waals surface area contributed by atoms with Crippen molar-refractivity contribution in [2.45, 2.75) is 0 Å². The van der Waals surface area contributed by atoms with Crippen molar-refractivity contribution in [3.8, 4) is 16.9 Å². The summed E-state index contributed by atoms with van der Waals surface area (Å²) in [7, 11) is 1.67. The topological polar surface area (TPSA) is 9.23 Å². The van der Waals surface area contributed by atoms with Crippen molar-refractivity contribution in [2.24, 2.45) is 0 Å². The van der Waals surface area contributed by atoms with Crippen molar-refractivity contribution >= 4 is 10.8 Å². The lowest BCUT2D eigenvalue weighted by Gasteiger charge is -2.10. The number of halogens is 1. The molecule has 0 radical (unpaired) electrons. The highest BCUT2D eigenvalue weighted by molar-refractivity contribution is 6.00. The van der Waals surface area contributed by atoms with Crippen LogP contribution < -0.4 is 4.74 Å². The summed E-state index contributed by atoms with van der Waals surface area (Å²) in [6, 6.07) is 18.6. The smallest absolute Gasteiger partial charge is 0.126 e. The average molecular weight is 252 g/mol. The van der Waals surface area contributed by atoms with Crippen LogP contribution in [0.5, 0.6) is 5.75 Å². The van der Waals surface area contributed by atoms with Gasteiger partial charge in [0.2, 0.25) is 0 Å². The Labute approximate surface area is 111 Å². The molecule has 0 aliphatic rings. The zero-order valence-corrected chi connectivity index (χ0v) is 10.6. The van der Waals surface area contributed by atoms with Crippen molar-refractivity contribution < 1.29 is 9.13 Å². The Kier molecular flexibility index (Phi) is 2.92. The van der Waals surface area contributed by atoms with Crippen LogP contribution in [0, 0.1) is 5.82 Å². The van der Waals surface area contributed by atoms with Crippen molar-refractivity contribution in [1.82, 2.24) is 0 Å². The van der Waals surface area contributed by atoms with E-state index in [1.165, 1.54) is 12.1 Å². The van der Waals surface area contributed by atoms with E-state index in [2.05, 4.69) is 6.07 Å². The highest BCUT2D eigenvalue weighted by Crippen LogP contribution is 2.34. The molecule has 3 rings (SSSR count). The third-order valence-corrected chi connectivity index (χ3v) is 3.26. The van der Waals surface area contributed by atoms with Crippen molar-refractivity contribution in [3.63, 3.8) is 0 Å². The zero-order valence-electron chi connectivity index (χ0n) is 10.6. The van der Waals surface area contributed by atoms with Gasteiger partial charge >= 0.3 is 0 Å². The van der Waals surface area contributed by atoms with E-state index < -0.39 is 0 Å². The zero-order chi connectivity index (χ0) is 13.2. The van der Waals surface area contributed by atoms with Crippen molar-refractivity contribution in [2.75, 3.05) is 7.11 Å². The molecule has 0 atom stereocenters. The highest BCUT2D eigenvalue weighted by Gasteiger charge is 2.07. The van der Waals surface area contributed by atoms with Gasteiger partial charge in [0.05, 0.1) is 7.11 Å². The van der Waals surface area contributed by atoms with Gasteiger partial charge in [0.15, 0.2) is 0 Å². The van der Waals surface area contributed by atoms with Gasteiger partial charge in [-0.1, -0.05) is 42.5 Å². The van der Waals surface area contributed by atoms with Crippen LogP contribution >= 0.6 is 0 Å². The summed E-state index contributed by atoms with van der Waals surface area (Å²) in [6.45, 7) is 0. The van der Waals surface area contributed by atoms with Gasteiger partial charge in [-0.2, -0.15) is 0 Å². The van der Waals surface area contributed by atoms with Gasteiger partial charge in [-0.25, -0.2) is 4.39 Å². The molecule has 0 aromatic heterocycles. The minimum Gasteiger partial charge on any atom is -0.496 e. The maximum absolute atomic E-state index is 13.0. The van der Waals surface area contributed by atoms with E-state index in [1.54, 1.807) is 19.2 Å². The summed E-state index contributed by atoms with van der Waals surface area (Å²) < 4.78 is 18.4. The predicted molar refractivity (Wildman–Crippen MR) is 75.9 cm³/mol. The van der Waals surface area contributed by atoms with Crippen LogP contribution in [-0.2, 0) is 0 Å². The molecule has 0 spiro atoms. The van der Waals surface area contributed by atoms with Gasteiger partial charge in [0, 0.05) is 5.39 Å². The normalized spacial score (nSPS) is 10.6. The molecule has 2 heteroatoms. The fraction of sp³-hybridized carbons (Fsp3) is 0.0588. The third-order valence-electron chi connectivity index (χ3n) is 3.26. The Balaban J connectivity index is 2.27. The van der Waals surface area contributed by atoms with Gasteiger partial charge in [-0.3, -0.25) is 0 Å². The van der Waals surface area contributed by atoms with Crippen molar-refractivity contribution in [3.05, 3.63) is 66.5 Å². The van der Waals surface area contributed by atoms with Gasteiger partial charge < -0.3 is 4.74 Å². The summed E-state index contributed by atoms with van der Waals surface area (Å²) in [4.78, 5) is 0. The monoisotopic (exact) mass is 252 g/mol. The van der Waals surface area contributed by atoms with Crippen molar-refractivity contribution in [1.29, 1.82) is 0 Å². The Morgan fingerprint density at radius 1 is 0.789 bits per heavy atom. The second-order valence-electron chi connectivity index (χ2n) is 4.37. The lowest BCUT2D eigenvalue weighted by Crippen LogP contribution is -1.87. The summed E-state index contributed by atoms with van der Waals surface area (Å²) in [6.07, 6.45) is 0. The van der Waals surface area contributed by atoms with Gasteiger partial charge in [0.25, 0.3) is 0 Å². The molecule has 0 bridgehead atoms. The molecule has 0 heterocycles. The molecule has 3 aromatic carbocycles. The number of methoxy groups -OCH3 is 1. The minimum absolute atomic E-state index is 0.221. The number of benzene rings is 3. The number of rotatable bonds is 2. The largest absolute Gasteiger partial charge is 0.496 e. The Morgan fingerprint density at radius 2 is 1.47 bits per heavy atom. The number of ether oxygens (including phenoxy) is 1. The molecule has 0 unspecified atom stereocenters. The van der Waals surface area contributed by atoms with Crippen LogP contribution in [0.1, 0.15) is 0 Å². The van der Waals surface area contributed by atoms with Crippen LogP contribution in [-0.4, -0.2) is 7.11 Å². The van der Waals surface area contributed by atoms with E-state index in [-0.39, 0.29) is 5.82 Å². The molecule has 1 nitrogen and oxygen atoms in total. The molecule has 0 saturated carbocycles. The number of hydrogen-bond acceptors (Lipinski definition) is 1. The Hall–Kier alpha value is -2.35. The molecule has 0 aliphatic heterocycles. The van der Waals surface area contributed by atoms with Gasteiger partial charge in [-0.15, -0.1) is 0 Å². The van der Waals surface area contributed by atoms with Gasteiger partial charge in [0.1, 0.15) is 11.6 Å².